The molecule has 0 amide bonds. The van der Waals surface area contributed by atoms with Crippen molar-refractivity contribution < 1.29 is 5.11 Å². The Morgan fingerprint density at radius 3 is 1.84 bits per heavy atom. The Hall–Kier alpha value is -2.30. The van der Waals surface area contributed by atoms with Crippen LogP contribution in [0.25, 0.3) is 12.2 Å². The van der Waals surface area contributed by atoms with Crippen molar-refractivity contribution in [1.82, 2.24) is 0 Å². The van der Waals surface area contributed by atoms with Gasteiger partial charge in [-0.3, -0.25) is 0 Å². The van der Waals surface area contributed by atoms with Gasteiger partial charge < -0.3 is 5.11 Å². The molecule has 2 aromatic carbocycles. The van der Waals surface area contributed by atoms with Crippen molar-refractivity contribution in [2.24, 2.45) is 0 Å². The molecule has 0 saturated heterocycles. The first kappa shape index (κ1) is 11.8. The highest BCUT2D eigenvalue weighted by Crippen LogP contribution is 2.39. The first-order valence-corrected chi connectivity index (χ1v) is 6.28. The lowest BCUT2D eigenvalue weighted by atomic mass is 9.81. The number of terminal acetylenes is 1. The van der Waals surface area contributed by atoms with Gasteiger partial charge >= 0.3 is 0 Å². The summed E-state index contributed by atoms with van der Waals surface area (Å²) in [5, 5.41) is 11.2. The quantitative estimate of drug-likeness (QED) is 0.764. The number of benzene rings is 2. The molecule has 3 rings (SSSR count). The highest BCUT2D eigenvalue weighted by atomic mass is 16.3. The molecule has 92 valence electrons. The third-order valence-electron chi connectivity index (χ3n) is 3.61. The second-order valence-electron chi connectivity index (χ2n) is 4.75. The van der Waals surface area contributed by atoms with E-state index in [9.17, 15) is 5.11 Å². The minimum Gasteiger partial charge on any atom is -0.379 e. The average molecular weight is 246 g/mol. The molecular weight excluding hydrogens is 232 g/mol. The molecule has 0 bridgehead atoms. The number of hydrogen-bond donors (Lipinski definition) is 1. The molecule has 1 aliphatic carbocycles. The second kappa shape index (κ2) is 4.42. The number of hydrogen-bond acceptors (Lipinski definition) is 1. The summed E-state index contributed by atoms with van der Waals surface area (Å²) in [5.74, 6) is 2.61. The van der Waals surface area contributed by atoms with Gasteiger partial charge in [0.15, 0.2) is 0 Å². The topological polar surface area (TPSA) is 20.2 Å². The van der Waals surface area contributed by atoms with Gasteiger partial charge in [0.05, 0.1) is 0 Å². The zero-order chi connectivity index (χ0) is 13.3. The van der Waals surface area contributed by atoms with Gasteiger partial charge in [0.25, 0.3) is 0 Å². The van der Waals surface area contributed by atoms with E-state index in [1.807, 2.05) is 60.7 Å². The predicted molar refractivity (Wildman–Crippen MR) is 78.3 cm³/mol. The number of fused-ring (bicyclic) bond motifs is 2. The van der Waals surface area contributed by atoms with Gasteiger partial charge in [-0.2, -0.15) is 0 Å². The normalized spacial score (nSPS) is 14.9. The summed E-state index contributed by atoms with van der Waals surface area (Å²) in [4.78, 5) is 0. The smallest absolute Gasteiger partial charge is 0.127 e. The van der Waals surface area contributed by atoms with Crippen molar-refractivity contribution in [2.75, 3.05) is 0 Å². The van der Waals surface area contributed by atoms with Crippen molar-refractivity contribution >= 4 is 12.2 Å². The average Bonchev–Trinajstić information content (AvgIpc) is 2.57. The van der Waals surface area contributed by atoms with E-state index in [1.165, 1.54) is 0 Å². The van der Waals surface area contributed by atoms with Crippen LogP contribution in [0.3, 0.4) is 0 Å². The zero-order valence-corrected chi connectivity index (χ0v) is 10.5. The standard InChI is InChI=1S/C18H14O/c1-2-13-18(19)16-9-5-3-7-14(16)11-12-15-8-4-6-10-17(15)18/h1,3-12,19H,13H2. The maximum Gasteiger partial charge on any atom is 0.127 e. The fraction of sp³-hybridized carbons (Fsp3) is 0.111. The third kappa shape index (κ3) is 1.78. The Kier molecular flexibility index (Phi) is 2.74. The van der Waals surface area contributed by atoms with E-state index in [2.05, 4.69) is 5.92 Å². The highest BCUT2D eigenvalue weighted by Gasteiger charge is 2.34. The molecule has 1 N–H and O–H groups in total. The van der Waals surface area contributed by atoms with Crippen LogP contribution in [0.2, 0.25) is 0 Å². The molecular formula is C18H14O. The summed E-state index contributed by atoms with van der Waals surface area (Å²) in [6.45, 7) is 0. The molecule has 0 atom stereocenters. The zero-order valence-electron chi connectivity index (χ0n) is 10.5. The Balaban J connectivity index is 2.34. The molecule has 0 spiro atoms. The minimum atomic E-state index is -1.12. The molecule has 0 saturated carbocycles. The highest BCUT2D eigenvalue weighted by molar-refractivity contribution is 5.77. The Morgan fingerprint density at radius 2 is 1.37 bits per heavy atom. The van der Waals surface area contributed by atoms with E-state index < -0.39 is 5.60 Å². The van der Waals surface area contributed by atoms with Gasteiger partial charge in [0, 0.05) is 6.42 Å². The monoisotopic (exact) mass is 246 g/mol. The van der Waals surface area contributed by atoms with Gasteiger partial charge in [0.2, 0.25) is 0 Å². The Labute approximate surface area is 113 Å². The van der Waals surface area contributed by atoms with Crippen LogP contribution in [0, 0.1) is 12.3 Å². The van der Waals surface area contributed by atoms with Crippen molar-refractivity contribution in [1.29, 1.82) is 0 Å². The van der Waals surface area contributed by atoms with Crippen molar-refractivity contribution in [3.8, 4) is 12.3 Å². The van der Waals surface area contributed by atoms with Crippen LogP contribution in [0.15, 0.2) is 48.5 Å². The molecule has 19 heavy (non-hydrogen) atoms. The number of aliphatic hydroxyl groups is 1. The molecule has 0 radical (unpaired) electrons. The van der Waals surface area contributed by atoms with Gasteiger partial charge in [-0.25, -0.2) is 0 Å². The largest absolute Gasteiger partial charge is 0.379 e. The SMILES string of the molecule is C#CCC1(O)c2ccccc2C=Cc2ccccc21. The second-order valence-corrected chi connectivity index (χ2v) is 4.75. The molecule has 1 nitrogen and oxygen atoms in total. The van der Waals surface area contributed by atoms with E-state index in [0.29, 0.717) is 0 Å². The van der Waals surface area contributed by atoms with Crippen molar-refractivity contribution in [2.45, 2.75) is 12.0 Å². The van der Waals surface area contributed by atoms with Gasteiger partial charge in [0.1, 0.15) is 5.60 Å². The lowest BCUT2D eigenvalue weighted by Crippen LogP contribution is -2.28. The van der Waals surface area contributed by atoms with Crippen LogP contribution < -0.4 is 0 Å². The maximum atomic E-state index is 11.2. The Morgan fingerprint density at radius 1 is 0.895 bits per heavy atom. The first-order valence-electron chi connectivity index (χ1n) is 6.28. The minimum absolute atomic E-state index is 0.267. The summed E-state index contributed by atoms with van der Waals surface area (Å²) in [6.07, 6.45) is 9.81. The summed E-state index contributed by atoms with van der Waals surface area (Å²) in [6, 6.07) is 15.7. The van der Waals surface area contributed by atoms with E-state index in [-0.39, 0.29) is 6.42 Å². The van der Waals surface area contributed by atoms with Crippen LogP contribution in [0.5, 0.6) is 0 Å². The van der Waals surface area contributed by atoms with Crippen LogP contribution >= 0.6 is 0 Å². The lowest BCUT2D eigenvalue weighted by Gasteiger charge is -2.29. The molecule has 0 fully saturated rings. The van der Waals surface area contributed by atoms with E-state index in [1.54, 1.807) is 0 Å². The van der Waals surface area contributed by atoms with E-state index in [0.717, 1.165) is 22.3 Å². The fourth-order valence-electron chi connectivity index (χ4n) is 2.70. The fourth-order valence-corrected chi connectivity index (χ4v) is 2.70. The van der Waals surface area contributed by atoms with Gasteiger partial charge in [-0.1, -0.05) is 60.7 Å². The van der Waals surface area contributed by atoms with Crippen molar-refractivity contribution in [3.05, 3.63) is 70.8 Å². The van der Waals surface area contributed by atoms with Crippen LogP contribution in [-0.4, -0.2) is 5.11 Å². The molecule has 0 aromatic heterocycles. The van der Waals surface area contributed by atoms with Crippen LogP contribution in [-0.2, 0) is 5.60 Å². The molecule has 2 aromatic rings. The van der Waals surface area contributed by atoms with Crippen LogP contribution in [0.4, 0.5) is 0 Å². The lowest BCUT2D eigenvalue weighted by molar-refractivity contribution is 0.0863. The predicted octanol–water partition coefficient (Wildman–Crippen LogP) is 3.43. The first-order chi connectivity index (χ1) is 9.25. The molecule has 0 aliphatic heterocycles. The third-order valence-corrected chi connectivity index (χ3v) is 3.61. The molecule has 1 heteroatoms. The molecule has 0 unspecified atom stereocenters. The molecule has 1 aliphatic rings. The summed E-state index contributed by atoms with van der Waals surface area (Å²) in [7, 11) is 0. The van der Waals surface area contributed by atoms with E-state index >= 15 is 0 Å². The van der Waals surface area contributed by atoms with Crippen molar-refractivity contribution in [3.63, 3.8) is 0 Å². The Bertz CT molecular complexity index is 639. The maximum absolute atomic E-state index is 11.2. The summed E-state index contributed by atoms with van der Waals surface area (Å²) in [5.41, 5.74) is 2.64. The van der Waals surface area contributed by atoms with Gasteiger partial charge in [-0.05, 0) is 22.3 Å². The summed E-state index contributed by atoms with van der Waals surface area (Å²) < 4.78 is 0. The van der Waals surface area contributed by atoms with Gasteiger partial charge in [-0.15, -0.1) is 12.3 Å². The molecule has 0 heterocycles. The van der Waals surface area contributed by atoms with E-state index in [4.69, 9.17) is 6.42 Å². The number of rotatable bonds is 1. The summed E-state index contributed by atoms with van der Waals surface area (Å²) >= 11 is 0. The van der Waals surface area contributed by atoms with Crippen LogP contribution in [0.1, 0.15) is 28.7 Å².